The van der Waals surface area contributed by atoms with Gasteiger partial charge in [0.05, 0.1) is 11.3 Å². The summed E-state index contributed by atoms with van der Waals surface area (Å²) in [5.41, 5.74) is -1.77. The first kappa shape index (κ1) is 14.9. The molecule has 1 saturated heterocycles. The molecule has 1 aliphatic heterocycles. The zero-order valence-electron chi connectivity index (χ0n) is 10.9. The number of alkyl halides is 3. The second-order valence-corrected chi connectivity index (χ2v) is 5.56. The number of halogens is 3. The number of amides is 2. The van der Waals surface area contributed by atoms with Crippen molar-refractivity contribution in [3.05, 3.63) is 0 Å². The van der Waals surface area contributed by atoms with E-state index in [1.54, 1.807) is 0 Å². The van der Waals surface area contributed by atoms with Gasteiger partial charge in [-0.05, 0) is 25.7 Å². The van der Waals surface area contributed by atoms with Gasteiger partial charge in [-0.15, -0.1) is 0 Å². The highest BCUT2D eigenvalue weighted by Gasteiger charge is 2.63. The Kier molecular flexibility index (Phi) is 3.84. The number of piperidine rings is 1. The van der Waals surface area contributed by atoms with E-state index >= 15 is 0 Å². The molecule has 1 aliphatic carbocycles. The number of nitrogens with one attached hydrogen (secondary N) is 1. The van der Waals surface area contributed by atoms with Crippen LogP contribution in [0.5, 0.6) is 0 Å². The summed E-state index contributed by atoms with van der Waals surface area (Å²) in [6, 6.07) is -0.605. The lowest BCUT2D eigenvalue weighted by atomic mass is 9.99. The SMILES string of the molecule is O=C(O)C1CCCN(C(=O)NCC2(C(F)(F)F)CC2)C1. The molecule has 0 aromatic heterocycles. The van der Waals surface area contributed by atoms with Crippen LogP contribution in [0.2, 0.25) is 0 Å². The average molecular weight is 294 g/mol. The number of rotatable bonds is 3. The lowest BCUT2D eigenvalue weighted by Gasteiger charge is -2.31. The van der Waals surface area contributed by atoms with Crippen LogP contribution in [0, 0.1) is 11.3 Å². The Balaban J connectivity index is 1.85. The summed E-state index contributed by atoms with van der Waals surface area (Å²) in [6.07, 6.45) is -3.19. The molecule has 2 aliphatic rings. The van der Waals surface area contributed by atoms with Crippen LogP contribution in [0.1, 0.15) is 25.7 Å². The van der Waals surface area contributed by atoms with Gasteiger partial charge in [-0.2, -0.15) is 13.2 Å². The van der Waals surface area contributed by atoms with E-state index in [0.29, 0.717) is 19.4 Å². The van der Waals surface area contributed by atoms with Crippen molar-refractivity contribution in [2.45, 2.75) is 31.9 Å². The first-order valence-electron chi connectivity index (χ1n) is 6.57. The second kappa shape index (κ2) is 5.14. The molecule has 0 bridgehead atoms. The standard InChI is InChI=1S/C12H17F3N2O3/c13-12(14,15)11(3-4-11)7-16-10(20)17-5-1-2-8(6-17)9(18)19/h8H,1-7H2,(H,16,20)(H,18,19). The van der Waals surface area contributed by atoms with E-state index in [2.05, 4.69) is 5.32 Å². The molecule has 2 amide bonds. The summed E-state index contributed by atoms with van der Waals surface area (Å²) in [5.74, 6) is -1.61. The Morgan fingerprint density at radius 1 is 1.35 bits per heavy atom. The van der Waals surface area contributed by atoms with E-state index in [1.165, 1.54) is 4.90 Å². The van der Waals surface area contributed by atoms with Crippen molar-refractivity contribution in [3.63, 3.8) is 0 Å². The molecule has 8 heteroatoms. The lowest BCUT2D eigenvalue weighted by molar-refractivity contribution is -0.184. The number of likely N-dealkylation sites (tertiary alicyclic amines) is 1. The molecule has 1 saturated carbocycles. The molecule has 1 unspecified atom stereocenters. The molecule has 0 spiro atoms. The van der Waals surface area contributed by atoms with Gasteiger partial charge in [-0.25, -0.2) is 4.79 Å². The van der Waals surface area contributed by atoms with Gasteiger partial charge in [0, 0.05) is 19.6 Å². The highest BCUT2D eigenvalue weighted by atomic mass is 19.4. The van der Waals surface area contributed by atoms with Crippen molar-refractivity contribution in [3.8, 4) is 0 Å². The third kappa shape index (κ3) is 2.99. The van der Waals surface area contributed by atoms with Crippen molar-refractivity contribution in [1.82, 2.24) is 10.2 Å². The quantitative estimate of drug-likeness (QED) is 0.834. The topological polar surface area (TPSA) is 69.6 Å². The number of urea groups is 1. The van der Waals surface area contributed by atoms with Crippen LogP contribution in [0.4, 0.5) is 18.0 Å². The minimum atomic E-state index is -4.30. The van der Waals surface area contributed by atoms with Gasteiger partial charge in [0.25, 0.3) is 0 Å². The molecule has 1 heterocycles. The number of hydrogen-bond donors (Lipinski definition) is 2. The van der Waals surface area contributed by atoms with Crippen LogP contribution >= 0.6 is 0 Å². The third-order valence-electron chi connectivity index (χ3n) is 4.09. The van der Waals surface area contributed by atoms with Crippen LogP contribution in [-0.4, -0.2) is 47.8 Å². The first-order chi connectivity index (χ1) is 9.25. The van der Waals surface area contributed by atoms with Crippen LogP contribution in [0.15, 0.2) is 0 Å². The molecule has 0 radical (unpaired) electrons. The van der Waals surface area contributed by atoms with E-state index in [1.807, 2.05) is 0 Å². The van der Waals surface area contributed by atoms with E-state index in [-0.39, 0.29) is 19.4 Å². The van der Waals surface area contributed by atoms with Crippen LogP contribution < -0.4 is 5.32 Å². The fraction of sp³-hybridized carbons (Fsp3) is 0.833. The number of carbonyl (C=O) groups excluding carboxylic acids is 1. The molecule has 0 aromatic carbocycles. The van der Waals surface area contributed by atoms with Crippen LogP contribution in [0.3, 0.4) is 0 Å². The molecule has 2 fully saturated rings. The zero-order chi connectivity index (χ0) is 15.0. The lowest BCUT2D eigenvalue weighted by Crippen LogP contribution is -2.49. The predicted octanol–water partition coefficient (Wildman–Crippen LogP) is 1.84. The normalized spacial score (nSPS) is 25.1. The van der Waals surface area contributed by atoms with Crippen molar-refractivity contribution in [2.24, 2.45) is 11.3 Å². The maximum atomic E-state index is 12.7. The average Bonchev–Trinajstić information content (AvgIpc) is 3.16. The number of carboxylic acids is 1. The summed E-state index contributed by atoms with van der Waals surface area (Å²) < 4.78 is 38.1. The van der Waals surface area contributed by atoms with E-state index in [9.17, 15) is 22.8 Å². The molecule has 0 aromatic rings. The Morgan fingerprint density at radius 2 is 2.00 bits per heavy atom. The Bertz CT molecular complexity index is 407. The number of carboxylic acid groups (broad SMARTS) is 1. The Hall–Kier alpha value is -1.47. The minimum absolute atomic E-state index is 0.0362. The fourth-order valence-corrected chi connectivity index (χ4v) is 2.43. The summed E-state index contributed by atoms with van der Waals surface area (Å²) in [7, 11) is 0. The molecule has 114 valence electrons. The smallest absolute Gasteiger partial charge is 0.396 e. The first-order valence-corrected chi connectivity index (χ1v) is 6.57. The largest absolute Gasteiger partial charge is 0.481 e. The highest BCUT2D eigenvalue weighted by Crippen LogP contribution is 2.57. The summed E-state index contributed by atoms with van der Waals surface area (Å²) in [4.78, 5) is 24.0. The number of hydrogen-bond acceptors (Lipinski definition) is 2. The predicted molar refractivity (Wildman–Crippen MR) is 63.1 cm³/mol. The maximum Gasteiger partial charge on any atom is 0.396 e. The maximum absolute atomic E-state index is 12.7. The van der Waals surface area contributed by atoms with E-state index in [4.69, 9.17) is 5.11 Å². The van der Waals surface area contributed by atoms with Crippen molar-refractivity contribution < 1.29 is 27.9 Å². The molecule has 2 rings (SSSR count). The summed E-state index contributed by atoms with van der Waals surface area (Å²) in [5, 5.41) is 11.2. The fourth-order valence-electron chi connectivity index (χ4n) is 2.43. The third-order valence-corrected chi connectivity index (χ3v) is 4.09. The monoisotopic (exact) mass is 294 g/mol. The number of nitrogens with zero attached hydrogens (tertiary/aromatic N) is 1. The highest BCUT2D eigenvalue weighted by molar-refractivity contribution is 5.76. The molecule has 2 N–H and O–H groups in total. The van der Waals surface area contributed by atoms with Gasteiger partial charge < -0.3 is 15.3 Å². The Morgan fingerprint density at radius 3 is 2.50 bits per heavy atom. The summed E-state index contributed by atoms with van der Waals surface area (Å²) >= 11 is 0. The molecule has 1 atom stereocenters. The Labute approximate surface area is 114 Å². The van der Waals surface area contributed by atoms with Gasteiger partial charge in [-0.1, -0.05) is 0 Å². The van der Waals surface area contributed by atoms with E-state index < -0.39 is 36.1 Å². The molecule has 5 nitrogen and oxygen atoms in total. The van der Waals surface area contributed by atoms with Crippen LogP contribution in [0.25, 0.3) is 0 Å². The molecular weight excluding hydrogens is 277 g/mol. The zero-order valence-corrected chi connectivity index (χ0v) is 10.9. The van der Waals surface area contributed by atoms with Crippen LogP contribution in [-0.2, 0) is 4.79 Å². The summed E-state index contributed by atoms with van der Waals surface area (Å²) in [6.45, 7) is 0.0123. The number of aliphatic carboxylic acids is 1. The second-order valence-electron chi connectivity index (χ2n) is 5.56. The minimum Gasteiger partial charge on any atom is -0.481 e. The molecule has 20 heavy (non-hydrogen) atoms. The van der Waals surface area contributed by atoms with Crippen molar-refractivity contribution in [2.75, 3.05) is 19.6 Å². The van der Waals surface area contributed by atoms with Gasteiger partial charge >= 0.3 is 18.2 Å². The number of carbonyl (C=O) groups is 2. The van der Waals surface area contributed by atoms with Gasteiger partial charge in [-0.3, -0.25) is 4.79 Å². The molecular formula is C12H17F3N2O3. The van der Waals surface area contributed by atoms with Crippen molar-refractivity contribution >= 4 is 12.0 Å². The van der Waals surface area contributed by atoms with Gasteiger partial charge in [0.15, 0.2) is 0 Å². The van der Waals surface area contributed by atoms with Gasteiger partial charge in [0.1, 0.15) is 0 Å². The van der Waals surface area contributed by atoms with Crippen molar-refractivity contribution in [1.29, 1.82) is 0 Å². The van der Waals surface area contributed by atoms with Gasteiger partial charge in [0.2, 0.25) is 0 Å². The van der Waals surface area contributed by atoms with E-state index in [0.717, 1.165) is 0 Å².